The largest absolute Gasteiger partial charge is 0.493 e. The van der Waals surface area contributed by atoms with Gasteiger partial charge in [-0.1, -0.05) is 18.2 Å². The number of aromatic hydroxyl groups is 1. The molecule has 2 heterocycles. The van der Waals surface area contributed by atoms with Crippen molar-refractivity contribution in [2.75, 3.05) is 6.61 Å². The van der Waals surface area contributed by atoms with Gasteiger partial charge in [-0.2, -0.15) is 5.09 Å². The summed E-state index contributed by atoms with van der Waals surface area (Å²) in [5, 5.41) is 12.5. The minimum atomic E-state index is -4.33. The molecule has 0 aliphatic carbocycles. The van der Waals surface area contributed by atoms with Crippen LogP contribution in [0.4, 0.5) is 0 Å². The van der Waals surface area contributed by atoms with E-state index in [1.807, 2.05) is 0 Å². The number of nitrogens with zero attached hydrogens (tertiary/aromatic N) is 2. The van der Waals surface area contributed by atoms with Crippen molar-refractivity contribution in [3.63, 3.8) is 0 Å². The molecule has 1 amide bonds. The zero-order valence-electron chi connectivity index (χ0n) is 19.5. The van der Waals surface area contributed by atoms with Crippen LogP contribution in [0.2, 0.25) is 0 Å². The van der Waals surface area contributed by atoms with E-state index >= 15 is 0 Å². The fraction of sp³-hybridized carbons (Fsp3) is 0.381. The number of amides is 1. The first-order valence-corrected chi connectivity index (χ1v) is 12.2. The van der Waals surface area contributed by atoms with Crippen molar-refractivity contribution in [1.29, 1.82) is 0 Å². The first kappa shape index (κ1) is 27.0. The van der Waals surface area contributed by atoms with Gasteiger partial charge in [0.25, 0.3) is 11.7 Å². The number of benzene rings is 1. The lowest BCUT2D eigenvalue weighted by Crippen LogP contribution is -2.37. The molecule has 1 unspecified atom stereocenters. The van der Waals surface area contributed by atoms with Crippen LogP contribution in [-0.4, -0.2) is 63.0 Å². The van der Waals surface area contributed by atoms with E-state index in [1.165, 1.54) is 19.1 Å². The average Bonchev–Trinajstić information content (AvgIpc) is 3.32. The Bertz CT molecular complexity index is 1200. The van der Waals surface area contributed by atoms with Gasteiger partial charge in [0.1, 0.15) is 18.1 Å². The predicted molar refractivity (Wildman–Crippen MR) is 121 cm³/mol. The van der Waals surface area contributed by atoms with Crippen LogP contribution in [0.25, 0.3) is 0 Å². The Kier molecular flexibility index (Phi) is 8.25. The summed E-state index contributed by atoms with van der Waals surface area (Å²) in [6, 6.07) is 6.77. The zero-order chi connectivity index (χ0) is 26.6. The normalized spacial score (nSPS) is 20.2. The molecule has 14 nitrogen and oxygen atoms in total. The molecule has 1 aromatic carbocycles. The highest BCUT2D eigenvalue weighted by Crippen LogP contribution is 2.45. The number of ketones is 2. The van der Waals surface area contributed by atoms with Gasteiger partial charge in [0.15, 0.2) is 11.8 Å². The smallest absolute Gasteiger partial charge is 0.459 e. The predicted octanol–water partition coefficient (Wildman–Crippen LogP) is 0.857. The Morgan fingerprint density at radius 1 is 1.22 bits per heavy atom. The molecule has 194 valence electrons. The van der Waals surface area contributed by atoms with E-state index in [0.29, 0.717) is 0 Å². The summed E-state index contributed by atoms with van der Waals surface area (Å²) >= 11 is 0. The second-order valence-electron chi connectivity index (χ2n) is 7.93. The van der Waals surface area contributed by atoms with Crippen LogP contribution >= 0.6 is 7.75 Å². The van der Waals surface area contributed by atoms with Gasteiger partial charge in [0.2, 0.25) is 17.9 Å². The molecule has 0 spiro atoms. The van der Waals surface area contributed by atoms with Crippen LogP contribution in [-0.2, 0) is 32.9 Å². The summed E-state index contributed by atoms with van der Waals surface area (Å²) < 4.78 is 35.6. The number of rotatable bonds is 11. The standard InChI is InChI=1S/C21H25N4O10P/c1-11(2)33-21(30)12(3)24-36(31,35-13-7-5-4-6-8-13)32-9-14-16(26)17(27)20(34-14)25-10-23-15(18(22)28)19(25)29/h4-8,10-12,14,20,29H,9H2,1-3H3,(H2,22,28)(H,24,31)/t12-,14+,20+,36?/m0/s1. The van der Waals surface area contributed by atoms with Crippen LogP contribution in [0.15, 0.2) is 36.7 Å². The van der Waals surface area contributed by atoms with Crippen LogP contribution < -0.4 is 15.3 Å². The molecule has 0 saturated carbocycles. The lowest BCUT2D eigenvalue weighted by molar-refractivity contribution is -0.149. The fourth-order valence-electron chi connectivity index (χ4n) is 3.07. The number of nitrogens with two attached hydrogens (primary N) is 1. The number of ether oxygens (including phenoxy) is 2. The maximum Gasteiger partial charge on any atom is 0.459 e. The maximum absolute atomic E-state index is 13.5. The molecule has 1 fully saturated rings. The summed E-state index contributed by atoms with van der Waals surface area (Å²) in [5.74, 6) is -4.55. The van der Waals surface area contributed by atoms with E-state index in [9.17, 15) is 28.8 Å². The number of aromatic nitrogens is 2. The molecular formula is C21H25N4O10P. The monoisotopic (exact) mass is 524 g/mol. The van der Waals surface area contributed by atoms with Gasteiger partial charge in [-0.15, -0.1) is 0 Å². The van der Waals surface area contributed by atoms with Crippen molar-refractivity contribution in [3.05, 3.63) is 42.4 Å². The molecule has 0 bridgehead atoms. The summed E-state index contributed by atoms with van der Waals surface area (Å²) in [7, 11) is -4.33. The molecule has 1 saturated heterocycles. The molecular weight excluding hydrogens is 499 g/mol. The highest BCUT2D eigenvalue weighted by atomic mass is 31.2. The van der Waals surface area contributed by atoms with Gasteiger partial charge >= 0.3 is 13.7 Å². The van der Waals surface area contributed by atoms with Crippen LogP contribution in [0.3, 0.4) is 0 Å². The minimum absolute atomic E-state index is 0.132. The topological polar surface area (TPSA) is 198 Å². The van der Waals surface area contributed by atoms with Gasteiger partial charge in [-0.3, -0.25) is 28.3 Å². The first-order chi connectivity index (χ1) is 16.9. The van der Waals surface area contributed by atoms with E-state index < -0.39 is 73.8 Å². The van der Waals surface area contributed by atoms with Crippen molar-refractivity contribution < 1.29 is 47.4 Å². The Morgan fingerprint density at radius 2 is 1.89 bits per heavy atom. The highest BCUT2D eigenvalue weighted by molar-refractivity contribution is 7.52. The number of carbonyl (C=O) groups excluding carboxylic acids is 4. The average molecular weight is 524 g/mol. The zero-order valence-corrected chi connectivity index (χ0v) is 20.4. The van der Waals surface area contributed by atoms with Crippen molar-refractivity contribution >= 4 is 31.2 Å². The summed E-state index contributed by atoms with van der Waals surface area (Å²) in [4.78, 5) is 52.0. The third-order valence-corrected chi connectivity index (χ3v) is 6.37. The molecule has 0 radical (unpaired) electrons. The molecule has 1 aromatic heterocycles. The molecule has 15 heteroatoms. The van der Waals surface area contributed by atoms with E-state index in [-0.39, 0.29) is 5.75 Å². The summed E-state index contributed by atoms with van der Waals surface area (Å²) in [5.41, 5.74) is 4.57. The third-order valence-electron chi connectivity index (χ3n) is 4.73. The number of carbonyl (C=O) groups is 4. The Morgan fingerprint density at radius 3 is 2.47 bits per heavy atom. The number of esters is 1. The third kappa shape index (κ3) is 6.15. The number of nitrogens with one attached hydrogen (secondary N) is 1. The van der Waals surface area contributed by atoms with Crippen molar-refractivity contribution in [2.45, 2.75) is 45.2 Å². The fourth-order valence-corrected chi connectivity index (χ4v) is 4.56. The Labute approximate surface area is 205 Å². The molecule has 3 rings (SSSR count). The summed E-state index contributed by atoms with van der Waals surface area (Å²) in [6.45, 7) is 3.94. The molecule has 4 N–H and O–H groups in total. The number of hydrogen-bond acceptors (Lipinski definition) is 11. The lowest BCUT2D eigenvalue weighted by atomic mass is 10.2. The van der Waals surface area contributed by atoms with E-state index in [2.05, 4.69) is 10.1 Å². The van der Waals surface area contributed by atoms with Crippen LogP contribution in [0, 0.1) is 0 Å². The number of primary amides is 1. The first-order valence-electron chi connectivity index (χ1n) is 10.7. The van der Waals surface area contributed by atoms with Gasteiger partial charge in [-0.05, 0) is 32.9 Å². The molecule has 36 heavy (non-hydrogen) atoms. The van der Waals surface area contributed by atoms with Gasteiger partial charge < -0.3 is 24.8 Å². The summed E-state index contributed by atoms with van der Waals surface area (Å²) in [6.07, 6.45) is -2.73. The highest BCUT2D eigenvalue weighted by Gasteiger charge is 2.46. The number of Topliss-reactive ketones (excluding diaryl/α,β-unsaturated/α-hetero) is 2. The van der Waals surface area contributed by atoms with Crippen molar-refractivity contribution in [2.24, 2.45) is 5.73 Å². The quantitative estimate of drug-likeness (QED) is 0.213. The lowest BCUT2D eigenvalue weighted by Gasteiger charge is -2.24. The van der Waals surface area contributed by atoms with Crippen LogP contribution in [0.5, 0.6) is 11.6 Å². The van der Waals surface area contributed by atoms with E-state index in [1.54, 1.807) is 32.0 Å². The number of imidazole rings is 1. The van der Waals surface area contributed by atoms with Gasteiger partial charge in [0.05, 0.1) is 12.7 Å². The van der Waals surface area contributed by atoms with Crippen molar-refractivity contribution in [1.82, 2.24) is 14.6 Å². The van der Waals surface area contributed by atoms with E-state index in [0.717, 1.165) is 10.9 Å². The second kappa shape index (κ2) is 11.0. The SMILES string of the molecule is CC(C)OC(=O)[C@H](C)NP(=O)(OC[C@H]1O[C@@H](n2cnc(C(N)=O)c2O)C(=O)C1=O)Oc1ccccc1. The molecule has 2 aromatic rings. The molecule has 1 aliphatic rings. The van der Waals surface area contributed by atoms with Crippen LogP contribution in [0.1, 0.15) is 37.5 Å². The molecule has 4 atom stereocenters. The Balaban J connectivity index is 1.76. The van der Waals surface area contributed by atoms with Gasteiger partial charge in [0, 0.05) is 0 Å². The van der Waals surface area contributed by atoms with Gasteiger partial charge in [-0.25, -0.2) is 9.55 Å². The number of para-hydroxylation sites is 1. The minimum Gasteiger partial charge on any atom is -0.493 e. The molecule has 1 aliphatic heterocycles. The maximum atomic E-state index is 13.5. The Hall–Kier alpha value is -3.58. The number of hydrogen-bond donors (Lipinski definition) is 3. The second-order valence-corrected chi connectivity index (χ2v) is 9.62. The van der Waals surface area contributed by atoms with Crippen molar-refractivity contribution in [3.8, 4) is 11.6 Å². The van der Waals surface area contributed by atoms with E-state index in [4.69, 9.17) is 24.3 Å².